The van der Waals surface area contributed by atoms with Crippen molar-refractivity contribution in [3.8, 4) is 11.4 Å². The number of fused-ring (bicyclic) bond motifs is 1. The van der Waals surface area contributed by atoms with E-state index in [1.54, 1.807) is 4.68 Å². The van der Waals surface area contributed by atoms with Gasteiger partial charge in [0.2, 0.25) is 0 Å². The molecule has 0 spiro atoms. The number of para-hydroxylation sites is 1. The lowest BCUT2D eigenvalue weighted by molar-refractivity contribution is 0.298. The zero-order valence-corrected chi connectivity index (χ0v) is 14.2. The summed E-state index contributed by atoms with van der Waals surface area (Å²) in [6.07, 6.45) is 2.59. The van der Waals surface area contributed by atoms with Crippen LogP contribution in [0.25, 0.3) is 5.69 Å². The van der Waals surface area contributed by atoms with E-state index in [1.165, 1.54) is 6.07 Å². The Morgan fingerprint density at radius 2 is 1.92 bits per heavy atom. The molecule has 3 aromatic rings. The quantitative estimate of drug-likeness (QED) is 0.768. The normalized spacial score (nSPS) is 16.3. The van der Waals surface area contributed by atoms with Gasteiger partial charge in [0.05, 0.1) is 5.69 Å². The second-order valence-electron chi connectivity index (χ2n) is 6.42. The first kappa shape index (κ1) is 16.7. The van der Waals surface area contributed by atoms with Crippen molar-refractivity contribution in [1.29, 1.82) is 0 Å². The molecule has 26 heavy (non-hydrogen) atoms. The third-order valence-electron chi connectivity index (χ3n) is 4.66. The molecule has 4 rings (SSSR count). The standard InChI is InChI=1S/C20H19F2N3O/c21-15-10-9-13(11-16(15)22)25-19-8-4-7-17(23)20(19)18(24-25)12-26-14-5-2-1-3-6-14/h1-3,5-6,9-11,17H,4,7-8,12,23H2. The van der Waals surface area contributed by atoms with Crippen molar-refractivity contribution < 1.29 is 13.5 Å². The van der Waals surface area contributed by atoms with Gasteiger partial charge in [-0.05, 0) is 43.5 Å². The monoisotopic (exact) mass is 355 g/mol. The summed E-state index contributed by atoms with van der Waals surface area (Å²) in [7, 11) is 0. The van der Waals surface area contributed by atoms with E-state index in [0.29, 0.717) is 5.69 Å². The first-order valence-corrected chi connectivity index (χ1v) is 8.63. The van der Waals surface area contributed by atoms with Gasteiger partial charge in [0.15, 0.2) is 11.6 Å². The Balaban J connectivity index is 1.72. The minimum Gasteiger partial charge on any atom is -0.487 e. The minimum atomic E-state index is -0.894. The van der Waals surface area contributed by atoms with Crippen LogP contribution in [0.2, 0.25) is 0 Å². The van der Waals surface area contributed by atoms with Crippen LogP contribution in [0.5, 0.6) is 5.75 Å². The maximum Gasteiger partial charge on any atom is 0.160 e. The van der Waals surface area contributed by atoms with Crippen molar-refractivity contribution in [2.75, 3.05) is 0 Å². The molecule has 0 aliphatic heterocycles. The van der Waals surface area contributed by atoms with Crippen LogP contribution in [-0.2, 0) is 13.0 Å². The van der Waals surface area contributed by atoms with E-state index < -0.39 is 11.6 Å². The number of aromatic nitrogens is 2. The second kappa shape index (κ2) is 6.88. The van der Waals surface area contributed by atoms with Crippen molar-refractivity contribution in [3.05, 3.63) is 77.1 Å². The average molecular weight is 355 g/mol. The number of rotatable bonds is 4. The Labute approximate surface area is 150 Å². The lowest BCUT2D eigenvalue weighted by atomic mass is 9.91. The van der Waals surface area contributed by atoms with E-state index in [-0.39, 0.29) is 12.6 Å². The van der Waals surface area contributed by atoms with Gasteiger partial charge in [-0.2, -0.15) is 5.10 Å². The highest BCUT2D eigenvalue weighted by atomic mass is 19.2. The van der Waals surface area contributed by atoms with Crippen LogP contribution in [0, 0.1) is 11.6 Å². The summed E-state index contributed by atoms with van der Waals surface area (Å²) in [5, 5.41) is 4.62. The molecule has 0 saturated heterocycles. The molecule has 0 saturated carbocycles. The van der Waals surface area contributed by atoms with Crippen molar-refractivity contribution in [3.63, 3.8) is 0 Å². The predicted molar refractivity (Wildman–Crippen MR) is 94.1 cm³/mol. The Hall–Kier alpha value is -2.73. The average Bonchev–Trinajstić information content (AvgIpc) is 3.03. The predicted octanol–water partition coefficient (Wildman–Crippen LogP) is 4.07. The maximum absolute atomic E-state index is 13.7. The third kappa shape index (κ3) is 3.08. The van der Waals surface area contributed by atoms with Crippen LogP contribution < -0.4 is 10.5 Å². The molecule has 2 aromatic carbocycles. The fourth-order valence-electron chi connectivity index (χ4n) is 3.42. The van der Waals surface area contributed by atoms with Gasteiger partial charge in [-0.15, -0.1) is 0 Å². The van der Waals surface area contributed by atoms with Crippen molar-refractivity contribution in [1.82, 2.24) is 9.78 Å². The molecule has 1 unspecified atom stereocenters. The lowest BCUT2D eigenvalue weighted by Crippen LogP contribution is -2.19. The van der Waals surface area contributed by atoms with Gasteiger partial charge >= 0.3 is 0 Å². The highest BCUT2D eigenvalue weighted by molar-refractivity contribution is 5.41. The molecule has 134 valence electrons. The molecule has 1 heterocycles. The molecule has 0 bridgehead atoms. The van der Waals surface area contributed by atoms with Gasteiger partial charge in [-0.25, -0.2) is 13.5 Å². The van der Waals surface area contributed by atoms with E-state index in [0.717, 1.165) is 54.1 Å². The van der Waals surface area contributed by atoms with Gasteiger partial charge in [0, 0.05) is 23.4 Å². The smallest absolute Gasteiger partial charge is 0.160 e. The van der Waals surface area contributed by atoms with Crippen molar-refractivity contribution >= 4 is 0 Å². The van der Waals surface area contributed by atoms with E-state index in [9.17, 15) is 8.78 Å². The molecule has 6 heteroatoms. The Morgan fingerprint density at radius 1 is 1.12 bits per heavy atom. The van der Waals surface area contributed by atoms with E-state index >= 15 is 0 Å². The third-order valence-corrected chi connectivity index (χ3v) is 4.66. The highest BCUT2D eigenvalue weighted by Crippen LogP contribution is 2.33. The number of nitrogens with two attached hydrogens (primary N) is 1. The maximum atomic E-state index is 13.7. The summed E-state index contributed by atoms with van der Waals surface area (Å²) < 4.78 is 34.5. The fourth-order valence-corrected chi connectivity index (χ4v) is 3.42. The number of nitrogens with zero attached hydrogens (tertiary/aromatic N) is 2. The molecule has 4 nitrogen and oxygen atoms in total. The molecule has 1 aromatic heterocycles. The SMILES string of the molecule is NC1CCCc2c1c(COc1ccccc1)nn2-c1ccc(F)c(F)c1. The Bertz CT molecular complexity index is 924. The molecule has 1 aliphatic rings. The summed E-state index contributed by atoms with van der Waals surface area (Å²) in [6.45, 7) is 0.275. The van der Waals surface area contributed by atoms with Crippen LogP contribution >= 0.6 is 0 Å². The van der Waals surface area contributed by atoms with Gasteiger partial charge in [0.1, 0.15) is 18.1 Å². The van der Waals surface area contributed by atoms with Crippen LogP contribution in [-0.4, -0.2) is 9.78 Å². The summed E-state index contributed by atoms with van der Waals surface area (Å²) in [6, 6.07) is 13.1. The molecule has 1 aliphatic carbocycles. The van der Waals surface area contributed by atoms with Gasteiger partial charge in [0.25, 0.3) is 0 Å². The molecule has 2 N–H and O–H groups in total. The number of hydrogen-bond donors (Lipinski definition) is 1. The first-order chi connectivity index (χ1) is 12.6. The zero-order valence-electron chi connectivity index (χ0n) is 14.2. The van der Waals surface area contributed by atoms with Crippen LogP contribution in [0.4, 0.5) is 8.78 Å². The highest BCUT2D eigenvalue weighted by Gasteiger charge is 2.27. The molecule has 0 radical (unpaired) electrons. The Morgan fingerprint density at radius 3 is 2.69 bits per heavy atom. The first-order valence-electron chi connectivity index (χ1n) is 8.63. The van der Waals surface area contributed by atoms with Gasteiger partial charge in [-0.3, -0.25) is 0 Å². The molecule has 0 amide bonds. The number of benzene rings is 2. The number of halogens is 2. The van der Waals surface area contributed by atoms with Crippen LogP contribution in [0.3, 0.4) is 0 Å². The van der Waals surface area contributed by atoms with Crippen LogP contribution in [0.1, 0.15) is 35.8 Å². The van der Waals surface area contributed by atoms with Gasteiger partial charge < -0.3 is 10.5 Å². The summed E-state index contributed by atoms with van der Waals surface area (Å²) in [5.41, 5.74) is 9.44. The lowest BCUT2D eigenvalue weighted by Gasteiger charge is -2.20. The fraction of sp³-hybridized carbons (Fsp3) is 0.250. The van der Waals surface area contributed by atoms with Crippen molar-refractivity contribution in [2.45, 2.75) is 31.9 Å². The van der Waals surface area contributed by atoms with Crippen molar-refractivity contribution in [2.24, 2.45) is 5.73 Å². The van der Waals surface area contributed by atoms with E-state index in [4.69, 9.17) is 10.5 Å². The summed E-state index contributed by atoms with van der Waals surface area (Å²) in [5.74, 6) is -1.03. The van der Waals surface area contributed by atoms with Crippen LogP contribution in [0.15, 0.2) is 48.5 Å². The summed E-state index contributed by atoms with van der Waals surface area (Å²) in [4.78, 5) is 0. The number of hydrogen-bond acceptors (Lipinski definition) is 3. The molecule has 0 fully saturated rings. The zero-order chi connectivity index (χ0) is 18.1. The van der Waals surface area contributed by atoms with E-state index in [2.05, 4.69) is 5.10 Å². The summed E-state index contributed by atoms with van der Waals surface area (Å²) >= 11 is 0. The largest absolute Gasteiger partial charge is 0.487 e. The Kier molecular flexibility index (Phi) is 4.42. The molecular formula is C20H19F2N3O. The number of ether oxygens (including phenoxy) is 1. The second-order valence-corrected chi connectivity index (χ2v) is 6.42. The molecular weight excluding hydrogens is 336 g/mol. The van der Waals surface area contributed by atoms with E-state index in [1.807, 2.05) is 30.3 Å². The minimum absolute atomic E-state index is 0.132. The topological polar surface area (TPSA) is 53.1 Å². The molecule has 1 atom stereocenters. The van der Waals surface area contributed by atoms with Gasteiger partial charge in [-0.1, -0.05) is 18.2 Å².